The molecule has 1 aliphatic heterocycles. The molecule has 0 aliphatic carbocycles. The molecule has 0 radical (unpaired) electrons. The zero-order valence-corrected chi connectivity index (χ0v) is 12.9. The number of aliphatic hydroxyl groups is 1. The van der Waals surface area contributed by atoms with Crippen LogP contribution >= 0.6 is 11.8 Å². The topological polar surface area (TPSA) is 61.4 Å². The Kier molecular flexibility index (Phi) is 5.47. The molecule has 1 heterocycles. The number of urea groups is 1. The predicted molar refractivity (Wildman–Crippen MR) is 82.9 cm³/mol. The van der Waals surface area contributed by atoms with Gasteiger partial charge in [-0.05, 0) is 43.2 Å². The van der Waals surface area contributed by atoms with Crippen molar-refractivity contribution < 1.29 is 14.3 Å². The maximum absolute atomic E-state index is 12.9. The van der Waals surface area contributed by atoms with Crippen molar-refractivity contribution >= 4 is 17.8 Å². The number of thioether (sulfide) groups is 1. The van der Waals surface area contributed by atoms with E-state index in [4.69, 9.17) is 0 Å². The van der Waals surface area contributed by atoms with E-state index >= 15 is 0 Å². The van der Waals surface area contributed by atoms with Crippen molar-refractivity contribution in [1.82, 2.24) is 10.6 Å². The molecule has 1 fully saturated rings. The van der Waals surface area contributed by atoms with Crippen molar-refractivity contribution in [2.45, 2.75) is 31.4 Å². The lowest BCUT2D eigenvalue weighted by Crippen LogP contribution is -2.48. The van der Waals surface area contributed by atoms with Crippen molar-refractivity contribution in [1.29, 1.82) is 0 Å². The van der Waals surface area contributed by atoms with Gasteiger partial charge in [-0.2, -0.15) is 11.8 Å². The number of hydrogen-bond acceptors (Lipinski definition) is 3. The fourth-order valence-electron chi connectivity index (χ4n) is 2.25. The van der Waals surface area contributed by atoms with E-state index in [9.17, 15) is 14.3 Å². The highest BCUT2D eigenvalue weighted by Crippen LogP contribution is 2.20. The maximum Gasteiger partial charge on any atom is 0.315 e. The molecule has 0 spiro atoms. The first-order chi connectivity index (χ1) is 9.97. The van der Waals surface area contributed by atoms with Crippen LogP contribution in [0.4, 0.5) is 9.18 Å². The average molecular weight is 312 g/mol. The lowest BCUT2D eigenvalue weighted by molar-refractivity contribution is 0.0592. The van der Waals surface area contributed by atoms with Gasteiger partial charge in [-0.25, -0.2) is 9.18 Å². The standard InChI is InChI=1S/C15H21FN2O2S/c1-15(20,11-4-6-12(16)7-5-11)10-17-14(19)18-13-3-2-8-21-9-13/h4-7,13,20H,2-3,8-10H2,1H3,(H2,17,18,19)/t13-,15+/m1/s1. The fourth-order valence-corrected chi connectivity index (χ4v) is 3.33. The fraction of sp³-hybridized carbons (Fsp3) is 0.533. The highest BCUT2D eigenvalue weighted by Gasteiger charge is 2.24. The molecule has 3 N–H and O–H groups in total. The number of hydrogen-bond donors (Lipinski definition) is 3. The third-order valence-corrected chi connectivity index (χ3v) is 4.77. The van der Waals surface area contributed by atoms with Gasteiger partial charge in [0.25, 0.3) is 0 Å². The summed E-state index contributed by atoms with van der Waals surface area (Å²) < 4.78 is 12.9. The Labute approximate surface area is 128 Å². The Morgan fingerprint density at radius 3 is 2.81 bits per heavy atom. The number of halogens is 1. The lowest BCUT2D eigenvalue weighted by atomic mass is 9.96. The number of rotatable bonds is 4. The summed E-state index contributed by atoms with van der Waals surface area (Å²) in [6.07, 6.45) is 2.11. The largest absolute Gasteiger partial charge is 0.384 e. The molecule has 0 aromatic heterocycles. The van der Waals surface area contributed by atoms with Gasteiger partial charge in [-0.15, -0.1) is 0 Å². The number of benzene rings is 1. The molecule has 2 atom stereocenters. The van der Waals surface area contributed by atoms with Gasteiger partial charge in [0.2, 0.25) is 0 Å². The summed E-state index contributed by atoms with van der Waals surface area (Å²) in [7, 11) is 0. The second-order valence-electron chi connectivity index (χ2n) is 5.52. The number of nitrogens with one attached hydrogen (secondary N) is 2. The smallest absolute Gasteiger partial charge is 0.315 e. The molecule has 2 rings (SSSR count). The minimum atomic E-state index is -1.23. The summed E-state index contributed by atoms with van der Waals surface area (Å²) in [5.74, 6) is 1.73. The first-order valence-corrected chi connectivity index (χ1v) is 8.23. The maximum atomic E-state index is 12.9. The van der Waals surface area contributed by atoms with E-state index in [1.165, 1.54) is 24.3 Å². The molecule has 0 bridgehead atoms. The van der Waals surface area contributed by atoms with Crippen molar-refractivity contribution in [3.8, 4) is 0 Å². The van der Waals surface area contributed by atoms with E-state index in [1.54, 1.807) is 6.92 Å². The molecule has 4 nitrogen and oxygen atoms in total. The van der Waals surface area contributed by atoms with Gasteiger partial charge >= 0.3 is 6.03 Å². The van der Waals surface area contributed by atoms with Crippen LogP contribution in [-0.4, -0.2) is 35.2 Å². The van der Waals surface area contributed by atoms with Crippen LogP contribution in [0.15, 0.2) is 24.3 Å². The first-order valence-electron chi connectivity index (χ1n) is 7.08. The third-order valence-electron chi connectivity index (χ3n) is 3.55. The second kappa shape index (κ2) is 7.13. The SMILES string of the molecule is C[C@](O)(CNC(=O)N[C@@H]1CCCSC1)c1ccc(F)cc1. The van der Waals surface area contributed by atoms with Gasteiger partial charge in [0.1, 0.15) is 11.4 Å². The molecule has 116 valence electrons. The van der Waals surface area contributed by atoms with Crippen LogP contribution in [0, 0.1) is 5.82 Å². The molecule has 2 amide bonds. The number of carbonyl (C=O) groups excluding carboxylic acids is 1. The van der Waals surface area contributed by atoms with E-state index < -0.39 is 5.60 Å². The average Bonchev–Trinajstić information content (AvgIpc) is 2.47. The van der Waals surface area contributed by atoms with Crippen molar-refractivity contribution in [3.05, 3.63) is 35.6 Å². The van der Waals surface area contributed by atoms with Gasteiger partial charge in [-0.3, -0.25) is 0 Å². The molecule has 21 heavy (non-hydrogen) atoms. The Bertz CT molecular complexity index is 473. The summed E-state index contributed by atoms with van der Waals surface area (Å²) in [6.45, 7) is 1.67. The van der Waals surface area contributed by atoms with Gasteiger partial charge < -0.3 is 15.7 Å². The number of amides is 2. The third kappa shape index (κ3) is 4.89. The molecule has 1 aromatic rings. The Hall–Kier alpha value is -1.27. The van der Waals surface area contributed by atoms with E-state index in [1.807, 2.05) is 11.8 Å². The van der Waals surface area contributed by atoms with Crippen LogP contribution in [0.1, 0.15) is 25.3 Å². The molecular weight excluding hydrogens is 291 g/mol. The van der Waals surface area contributed by atoms with Crippen molar-refractivity contribution in [2.24, 2.45) is 0 Å². The highest BCUT2D eigenvalue weighted by atomic mass is 32.2. The summed E-state index contributed by atoms with van der Waals surface area (Å²) in [5.41, 5.74) is -0.663. The highest BCUT2D eigenvalue weighted by molar-refractivity contribution is 7.99. The molecule has 0 unspecified atom stereocenters. The summed E-state index contributed by atoms with van der Waals surface area (Å²) >= 11 is 1.84. The Balaban J connectivity index is 1.82. The van der Waals surface area contributed by atoms with Crippen LogP contribution in [0.5, 0.6) is 0 Å². The van der Waals surface area contributed by atoms with Crippen LogP contribution in [-0.2, 0) is 5.60 Å². The first kappa shape index (κ1) is 16.1. The summed E-state index contributed by atoms with van der Waals surface area (Å²) in [6, 6.07) is 5.55. The van der Waals surface area contributed by atoms with Crippen molar-refractivity contribution in [2.75, 3.05) is 18.1 Å². The van der Waals surface area contributed by atoms with Crippen LogP contribution in [0.2, 0.25) is 0 Å². The van der Waals surface area contributed by atoms with Crippen LogP contribution < -0.4 is 10.6 Å². The zero-order valence-electron chi connectivity index (χ0n) is 12.1. The summed E-state index contributed by atoms with van der Waals surface area (Å²) in [4.78, 5) is 11.8. The van der Waals surface area contributed by atoms with E-state index in [2.05, 4.69) is 10.6 Å². The van der Waals surface area contributed by atoms with E-state index in [0.717, 1.165) is 24.3 Å². The minimum Gasteiger partial charge on any atom is -0.384 e. The van der Waals surface area contributed by atoms with Gasteiger partial charge in [-0.1, -0.05) is 12.1 Å². The molecule has 1 saturated heterocycles. The quantitative estimate of drug-likeness (QED) is 0.799. The normalized spacial score (nSPS) is 21.4. The van der Waals surface area contributed by atoms with Gasteiger partial charge in [0, 0.05) is 11.8 Å². The van der Waals surface area contributed by atoms with E-state index in [0.29, 0.717) is 5.56 Å². The Morgan fingerprint density at radius 1 is 1.48 bits per heavy atom. The predicted octanol–water partition coefficient (Wildman–Crippen LogP) is 2.23. The van der Waals surface area contributed by atoms with Crippen molar-refractivity contribution in [3.63, 3.8) is 0 Å². The lowest BCUT2D eigenvalue weighted by Gasteiger charge is -2.26. The van der Waals surface area contributed by atoms with Crippen LogP contribution in [0.25, 0.3) is 0 Å². The van der Waals surface area contributed by atoms with Crippen LogP contribution in [0.3, 0.4) is 0 Å². The molecule has 1 aliphatic rings. The Morgan fingerprint density at radius 2 is 2.19 bits per heavy atom. The van der Waals surface area contributed by atoms with Gasteiger partial charge in [0.05, 0.1) is 6.54 Å². The molecule has 1 aromatic carbocycles. The summed E-state index contributed by atoms with van der Waals surface area (Å²) in [5, 5.41) is 16.0. The molecule has 0 saturated carbocycles. The molecule has 6 heteroatoms. The monoisotopic (exact) mass is 312 g/mol. The van der Waals surface area contributed by atoms with Gasteiger partial charge in [0.15, 0.2) is 0 Å². The molecular formula is C15H21FN2O2S. The van der Waals surface area contributed by atoms with E-state index in [-0.39, 0.29) is 24.4 Å². The number of carbonyl (C=O) groups is 1. The zero-order chi connectivity index (χ0) is 15.3. The second-order valence-corrected chi connectivity index (χ2v) is 6.67. The minimum absolute atomic E-state index is 0.0737.